The van der Waals surface area contributed by atoms with Crippen molar-refractivity contribution in [3.05, 3.63) is 72.3 Å². The fourth-order valence-corrected chi connectivity index (χ4v) is 2.53. The van der Waals surface area contributed by atoms with Crippen LogP contribution in [0.2, 0.25) is 0 Å². The number of ketones is 1. The Morgan fingerprint density at radius 1 is 0.964 bits per heavy atom. The lowest BCUT2D eigenvalue weighted by Gasteiger charge is -2.21. The lowest BCUT2D eigenvalue weighted by molar-refractivity contribution is -0.137. The zero-order valence-corrected chi connectivity index (χ0v) is 16.0. The maximum absolute atomic E-state index is 12.6. The van der Waals surface area contributed by atoms with Gasteiger partial charge in [0.25, 0.3) is 5.91 Å². The Bertz CT molecular complexity index is 828. The number of carbonyl (C=O) groups is 3. The van der Waals surface area contributed by atoms with Crippen molar-refractivity contribution in [3.8, 4) is 5.75 Å². The molecule has 146 valence electrons. The van der Waals surface area contributed by atoms with Crippen LogP contribution in [0.15, 0.2) is 66.7 Å². The third-order valence-corrected chi connectivity index (χ3v) is 3.96. The number of methoxy groups -OCH3 is 1. The minimum atomic E-state index is -0.592. The summed E-state index contributed by atoms with van der Waals surface area (Å²) in [5.74, 6) is -0.426. The van der Waals surface area contributed by atoms with E-state index < -0.39 is 11.9 Å². The van der Waals surface area contributed by atoms with Crippen molar-refractivity contribution in [2.45, 2.75) is 13.3 Å². The number of ether oxygens (including phenoxy) is 2. The van der Waals surface area contributed by atoms with Crippen LogP contribution >= 0.6 is 0 Å². The molecule has 2 aromatic rings. The van der Waals surface area contributed by atoms with Gasteiger partial charge in [-0.05, 0) is 31.2 Å². The van der Waals surface area contributed by atoms with Crippen LogP contribution in [0.4, 0.5) is 5.69 Å². The topological polar surface area (TPSA) is 72.9 Å². The number of esters is 1. The highest BCUT2D eigenvalue weighted by Crippen LogP contribution is 2.20. The number of anilines is 1. The van der Waals surface area contributed by atoms with E-state index in [0.29, 0.717) is 17.0 Å². The van der Waals surface area contributed by atoms with Gasteiger partial charge in [0.1, 0.15) is 5.75 Å². The van der Waals surface area contributed by atoms with Crippen molar-refractivity contribution in [1.29, 1.82) is 0 Å². The molecule has 0 unspecified atom stereocenters. The highest BCUT2D eigenvalue weighted by Gasteiger charge is 2.16. The molecule has 6 nitrogen and oxygen atoms in total. The van der Waals surface area contributed by atoms with Crippen molar-refractivity contribution in [3.63, 3.8) is 0 Å². The van der Waals surface area contributed by atoms with E-state index in [0.717, 1.165) is 12.2 Å². The fourth-order valence-electron chi connectivity index (χ4n) is 2.53. The van der Waals surface area contributed by atoms with E-state index in [1.54, 1.807) is 62.6 Å². The second kappa shape index (κ2) is 10.7. The summed E-state index contributed by atoms with van der Waals surface area (Å²) in [5.41, 5.74) is 1.19. The molecule has 0 bridgehead atoms. The second-order valence-corrected chi connectivity index (χ2v) is 5.81. The monoisotopic (exact) mass is 381 g/mol. The first-order valence-corrected chi connectivity index (χ1v) is 8.93. The molecule has 0 spiro atoms. The highest BCUT2D eigenvalue weighted by molar-refractivity contribution is 6.05. The van der Waals surface area contributed by atoms with Crippen LogP contribution in [-0.4, -0.2) is 37.9 Å². The number of hydrogen-bond acceptors (Lipinski definition) is 5. The summed E-state index contributed by atoms with van der Waals surface area (Å²) in [5, 5.41) is 0. The van der Waals surface area contributed by atoms with Gasteiger partial charge in [0.2, 0.25) is 0 Å². The van der Waals surface area contributed by atoms with Gasteiger partial charge >= 0.3 is 5.97 Å². The quantitative estimate of drug-likeness (QED) is 0.378. The molecule has 1 amide bonds. The molecule has 0 aromatic heterocycles. The minimum Gasteiger partial charge on any atom is -0.497 e. The molecule has 6 heteroatoms. The standard InChI is InChI=1S/C22H23NO5/c1-3-28-22(26)14-13-21(25)23(18-9-11-19(27-2)12-10-18)16-15-20(24)17-7-5-4-6-8-17/h4-14H,3,15-16H2,1-2H3/b14-13+. The average molecular weight is 381 g/mol. The molecule has 0 saturated carbocycles. The molecule has 0 aliphatic rings. The highest BCUT2D eigenvalue weighted by atomic mass is 16.5. The first-order chi connectivity index (χ1) is 13.5. The zero-order chi connectivity index (χ0) is 20.4. The Balaban J connectivity index is 2.16. The molecule has 0 atom stereocenters. The van der Waals surface area contributed by atoms with Crippen molar-refractivity contribution < 1.29 is 23.9 Å². The molecule has 0 saturated heterocycles. The molecule has 0 aliphatic heterocycles. The number of Topliss-reactive ketones (excluding diaryl/α,β-unsaturated/α-hetero) is 1. The van der Waals surface area contributed by atoms with Crippen molar-refractivity contribution >= 4 is 23.3 Å². The largest absolute Gasteiger partial charge is 0.497 e. The van der Waals surface area contributed by atoms with E-state index in [2.05, 4.69) is 0 Å². The first-order valence-electron chi connectivity index (χ1n) is 8.93. The summed E-state index contributed by atoms with van der Waals surface area (Å²) in [4.78, 5) is 38.0. The van der Waals surface area contributed by atoms with Gasteiger partial charge in [-0.3, -0.25) is 9.59 Å². The molecule has 2 rings (SSSR count). The van der Waals surface area contributed by atoms with Gasteiger partial charge in [0, 0.05) is 36.4 Å². The van der Waals surface area contributed by atoms with Crippen LogP contribution in [0, 0.1) is 0 Å². The van der Waals surface area contributed by atoms with Crippen LogP contribution in [-0.2, 0) is 14.3 Å². The predicted octanol–water partition coefficient (Wildman–Crippen LogP) is 3.42. The van der Waals surface area contributed by atoms with Crippen LogP contribution in [0.25, 0.3) is 0 Å². The lowest BCUT2D eigenvalue weighted by Crippen LogP contribution is -2.31. The fraction of sp³-hybridized carbons (Fsp3) is 0.227. The Kier molecular flexibility index (Phi) is 7.96. The van der Waals surface area contributed by atoms with Gasteiger partial charge < -0.3 is 14.4 Å². The second-order valence-electron chi connectivity index (χ2n) is 5.81. The maximum atomic E-state index is 12.6. The first kappa shape index (κ1) is 20.9. The molecule has 0 fully saturated rings. The summed E-state index contributed by atoms with van der Waals surface area (Å²) < 4.78 is 9.94. The molecule has 2 aromatic carbocycles. The van der Waals surface area contributed by atoms with Crippen LogP contribution < -0.4 is 9.64 Å². The number of hydrogen-bond donors (Lipinski definition) is 0. The van der Waals surface area contributed by atoms with Gasteiger partial charge in [0.15, 0.2) is 5.78 Å². The molecular weight excluding hydrogens is 358 g/mol. The average Bonchev–Trinajstić information content (AvgIpc) is 2.73. The summed E-state index contributed by atoms with van der Waals surface area (Å²) >= 11 is 0. The van der Waals surface area contributed by atoms with Crippen molar-refractivity contribution in [2.24, 2.45) is 0 Å². The molecular formula is C22H23NO5. The number of nitrogens with zero attached hydrogens (tertiary/aromatic N) is 1. The third kappa shape index (κ3) is 6.09. The number of benzene rings is 2. The summed E-state index contributed by atoms with van der Waals surface area (Å²) in [6.45, 7) is 2.09. The van der Waals surface area contributed by atoms with Crippen LogP contribution in [0.5, 0.6) is 5.75 Å². The van der Waals surface area contributed by atoms with E-state index in [1.807, 2.05) is 6.07 Å². The van der Waals surface area contributed by atoms with E-state index in [9.17, 15) is 14.4 Å². The molecule has 0 heterocycles. The normalized spacial score (nSPS) is 10.5. The SMILES string of the molecule is CCOC(=O)/C=C/C(=O)N(CCC(=O)c1ccccc1)c1ccc(OC)cc1. The maximum Gasteiger partial charge on any atom is 0.330 e. The Morgan fingerprint density at radius 3 is 2.25 bits per heavy atom. The summed E-state index contributed by atoms with van der Waals surface area (Å²) in [6, 6.07) is 15.8. The van der Waals surface area contributed by atoms with Crippen molar-refractivity contribution in [1.82, 2.24) is 0 Å². The number of amides is 1. The van der Waals surface area contributed by atoms with Crippen molar-refractivity contribution in [2.75, 3.05) is 25.2 Å². The van der Waals surface area contributed by atoms with E-state index in [4.69, 9.17) is 9.47 Å². The van der Waals surface area contributed by atoms with E-state index >= 15 is 0 Å². The smallest absolute Gasteiger partial charge is 0.330 e. The van der Waals surface area contributed by atoms with Gasteiger partial charge in [-0.2, -0.15) is 0 Å². The van der Waals surface area contributed by atoms with Crippen LogP contribution in [0.3, 0.4) is 0 Å². The molecule has 0 N–H and O–H groups in total. The Labute approximate surface area is 164 Å². The van der Waals surface area contributed by atoms with Crippen LogP contribution in [0.1, 0.15) is 23.7 Å². The predicted molar refractivity (Wildman–Crippen MR) is 107 cm³/mol. The molecule has 0 radical (unpaired) electrons. The third-order valence-electron chi connectivity index (χ3n) is 3.96. The zero-order valence-electron chi connectivity index (χ0n) is 16.0. The summed E-state index contributed by atoms with van der Waals surface area (Å²) in [7, 11) is 1.55. The Morgan fingerprint density at radius 2 is 1.64 bits per heavy atom. The lowest BCUT2D eigenvalue weighted by atomic mass is 10.1. The van der Waals surface area contributed by atoms with Gasteiger partial charge in [0.05, 0.1) is 13.7 Å². The number of carbonyl (C=O) groups excluding carboxylic acids is 3. The van der Waals surface area contributed by atoms with Gasteiger partial charge in [-0.15, -0.1) is 0 Å². The summed E-state index contributed by atoms with van der Waals surface area (Å²) in [6.07, 6.45) is 2.38. The molecule has 0 aliphatic carbocycles. The van der Waals surface area contributed by atoms with E-state index in [1.165, 1.54) is 4.90 Å². The number of rotatable bonds is 9. The van der Waals surface area contributed by atoms with Gasteiger partial charge in [-0.1, -0.05) is 30.3 Å². The molecule has 28 heavy (non-hydrogen) atoms. The Hall–Kier alpha value is -3.41. The van der Waals surface area contributed by atoms with E-state index in [-0.39, 0.29) is 25.4 Å². The minimum absolute atomic E-state index is 0.0683. The van der Waals surface area contributed by atoms with Gasteiger partial charge in [-0.25, -0.2) is 4.79 Å².